The van der Waals surface area contributed by atoms with E-state index in [2.05, 4.69) is 113 Å². The highest BCUT2D eigenvalue weighted by atomic mass is 16.6. The molecule has 0 unspecified atom stereocenters. The quantitative estimate of drug-likeness (QED) is 0.0523. The lowest BCUT2D eigenvalue weighted by Crippen LogP contribution is -2.03. The Morgan fingerprint density at radius 1 is 0.371 bits per heavy atom. The third-order valence-corrected chi connectivity index (χ3v) is 15.2. The Morgan fingerprint density at radius 3 is 1.18 bits per heavy atom. The zero-order valence-electron chi connectivity index (χ0n) is 55.0. The normalized spacial score (nSPS) is 10.4. The number of hydrogen-bond acceptors (Lipinski definition) is 30. The van der Waals surface area contributed by atoms with Gasteiger partial charge in [0.05, 0.1) is 65.6 Å². The van der Waals surface area contributed by atoms with Gasteiger partial charge in [-0.05, 0) is 75.8 Å². The number of methoxy groups -OCH3 is 1. The van der Waals surface area contributed by atoms with Crippen molar-refractivity contribution in [2.24, 2.45) is 0 Å². The molecular weight excluding hydrogens is 1340 g/mol. The number of H-pyrrole nitrogens is 1. The predicted molar refractivity (Wildman–Crippen MR) is 378 cm³/mol. The standard InChI is InChI=1S/C19H14N6O.C17H13N5O.C14H12N6O2.C13H10N6O.C7H6N6O/c20-11-12-25-17(14-9-5-2-6-10-14)15(13-7-3-1-4-8-13)22-19(25)16-18(21)24-26-23-16;18-16-15(21-23-22-16)17-19-13(11-7-3-1-4-8-11)14(20-17)12-9-5-2-6-10-12;1-21-10-4-2-9(3-5-10)11-8-20(7-6-15)14(17-11)12-13(16)19-22-18-12;14-6-7-19-8-10(9-4-2-1-3-5-9)16-13(19)11-12(15)18-20-17-11;8-1-3-13-4-2-10-7(13)5-6(9)12-14-11-5/h1-10H,12H2,(H2,21,24);1-10H,(H2,18,22)(H,19,20);2-5,8H,7H2,1H3,(H2,16,19);1-5,8H,7H2,(H2,15,18);2,4H,3H2,(H2,9,12). The summed E-state index contributed by atoms with van der Waals surface area (Å²) in [4.78, 5) is 25.7. The molecule has 0 bridgehead atoms. The summed E-state index contributed by atoms with van der Waals surface area (Å²) in [5.41, 5.74) is 40.7. The van der Waals surface area contributed by atoms with Gasteiger partial charge < -0.3 is 56.7 Å². The molecular formula is C70H55N29O6. The fourth-order valence-electron chi connectivity index (χ4n) is 10.4. The number of nitrogen functional groups attached to an aromatic ring is 5. The molecule has 516 valence electrons. The highest BCUT2D eigenvalue weighted by Gasteiger charge is 2.26. The van der Waals surface area contributed by atoms with E-state index in [0.717, 1.165) is 67.6 Å². The summed E-state index contributed by atoms with van der Waals surface area (Å²) in [7, 11) is 1.61. The lowest BCUT2D eigenvalue weighted by Gasteiger charge is -2.09. The van der Waals surface area contributed by atoms with Crippen molar-refractivity contribution >= 4 is 29.1 Å². The number of nitrogens with zero attached hydrogens (tertiary/aromatic N) is 23. The predicted octanol–water partition coefficient (Wildman–Crippen LogP) is 10.2. The van der Waals surface area contributed by atoms with Gasteiger partial charge in [-0.15, -0.1) is 0 Å². The van der Waals surface area contributed by atoms with Crippen LogP contribution in [0.2, 0.25) is 0 Å². The smallest absolute Gasteiger partial charge is 0.199 e. The maximum atomic E-state index is 9.37. The van der Waals surface area contributed by atoms with E-state index in [1.54, 1.807) is 50.2 Å². The Labute approximate surface area is 593 Å². The van der Waals surface area contributed by atoms with E-state index >= 15 is 0 Å². The summed E-state index contributed by atoms with van der Waals surface area (Å²) in [5, 5.41) is 72.3. The molecule has 105 heavy (non-hydrogen) atoms. The van der Waals surface area contributed by atoms with Crippen LogP contribution >= 0.6 is 0 Å². The number of hydrogen-bond donors (Lipinski definition) is 6. The van der Waals surface area contributed by atoms with Gasteiger partial charge in [0.1, 0.15) is 31.9 Å². The minimum atomic E-state index is 0.0890. The molecule has 35 nitrogen and oxygen atoms in total. The van der Waals surface area contributed by atoms with E-state index in [-0.39, 0.29) is 55.3 Å². The molecule has 0 aliphatic carbocycles. The van der Waals surface area contributed by atoms with Crippen molar-refractivity contribution in [2.75, 3.05) is 35.8 Å². The zero-order chi connectivity index (χ0) is 73.0. The fraction of sp³-hybridized carbons (Fsp3) is 0.0714. The lowest BCUT2D eigenvalue weighted by atomic mass is 10.0. The average molecular weight is 1400 g/mol. The van der Waals surface area contributed by atoms with Crippen LogP contribution in [0.25, 0.3) is 125 Å². The highest BCUT2D eigenvalue weighted by Crippen LogP contribution is 2.38. The summed E-state index contributed by atoms with van der Waals surface area (Å²) in [5.74, 6) is 3.89. The van der Waals surface area contributed by atoms with Gasteiger partial charge in [-0.1, -0.05) is 152 Å². The molecule has 10 heterocycles. The Balaban J connectivity index is 0.000000125. The van der Waals surface area contributed by atoms with E-state index in [0.29, 0.717) is 63.3 Å². The van der Waals surface area contributed by atoms with Crippen LogP contribution in [0.4, 0.5) is 29.1 Å². The van der Waals surface area contributed by atoms with Gasteiger partial charge in [0.25, 0.3) is 0 Å². The van der Waals surface area contributed by atoms with E-state index < -0.39 is 0 Å². The van der Waals surface area contributed by atoms with Crippen molar-refractivity contribution in [1.29, 1.82) is 21.0 Å². The van der Waals surface area contributed by atoms with Gasteiger partial charge in [0.15, 0.2) is 86.7 Å². The van der Waals surface area contributed by atoms with Gasteiger partial charge in [0, 0.05) is 58.2 Å². The first-order valence-electron chi connectivity index (χ1n) is 31.1. The van der Waals surface area contributed by atoms with Crippen LogP contribution in [-0.2, 0) is 26.2 Å². The number of imidazole rings is 5. The number of rotatable bonds is 16. The molecule has 0 amide bonds. The monoisotopic (exact) mass is 1400 g/mol. The van der Waals surface area contributed by atoms with Crippen molar-refractivity contribution in [3.8, 4) is 155 Å². The summed E-state index contributed by atoms with van der Waals surface area (Å²) >= 11 is 0. The Kier molecular flexibility index (Phi) is 21.3. The average Bonchev–Trinajstić information content (AvgIpc) is 1.62. The molecule has 0 atom stereocenters. The van der Waals surface area contributed by atoms with Crippen LogP contribution in [0.15, 0.2) is 224 Å². The van der Waals surface area contributed by atoms with Gasteiger partial charge in [-0.2, -0.15) is 21.0 Å². The zero-order valence-corrected chi connectivity index (χ0v) is 55.0. The van der Waals surface area contributed by atoms with Gasteiger partial charge in [0.2, 0.25) is 0 Å². The van der Waals surface area contributed by atoms with Gasteiger partial charge >= 0.3 is 0 Å². The topological polar surface area (TPSA) is 529 Å². The molecule has 0 saturated carbocycles. The second-order valence-electron chi connectivity index (χ2n) is 21.7. The van der Waals surface area contributed by atoms with Crippen molar-refractivity contribution in [1.82, 2.24) is 99.7 Å². The van der Waals surface area contributed by atoms with Crippen LogP contribution in [0.1, 0.15) is 0 Å². The summed E-state index contributed by atoms with van der Waals surface area (Å²) < 4.78 is 34.9. The van der Waals surface area contributed by atoms with Gasteiger partial charge in [-0.3, -0.25) is 0 Å². The minimum absolute atomic E-state index is 0.0890. The molecule has 0 saturated heterocycles. The number of nitriles is 4. The molecule has 35 heteroatoms. The number of anilines is 5. The Morgan fingerprint density at radius 2 is 0.752 bits per heavy atom. The number of aromatic amines is 1. The molecule has 16 aromatic rings. The maximum Gasteiger partial charge on any atom is 0.199 e. The first-order chi connectivity index (χ1) is 51.5. The van der Waals surface area contributed by atoms with Crippen molar-refractivity contribution in [3.63, 3.8) is 0 Å². The lowest BCUT2D eigenvalue weighted by molar-refractivity contribution is 0.310. The number of benzene rings is 6. The number of nitrogens with two attached hydrogens (primary N) is 5. The molecule has 0 spiro atoms. The molecule has 16 rings (SSSR count). The highest BCUT2D eigenvalue weighted by molar-refractivity contribution is 5.84. The summed E-state index contributed by atoms with van der Waals surface area (Å²) in [6.45, 7) is 0.527. The minimum Gasteiger partial charge on any atom is -0.497 e. The first kappa shape index (κ1) is 68.8. The Bertz CT molecular complexity index is 5630. The first-order valence-corrected chi connectivity index (χ1v) is 31.1. The Hall–Kier alpha value is -16.2. The van der Waals surface area contributed by atoms with Crippen LogP contribution < -0.4 is 33.4 Å². The third-order valence-electron chi connectivity index (χ3n) is 15.2. The van der Waals surface area contributed by atoms with E-state index in [1.807, 2.05) is 182 Å². The summed E-state index contributed by atoms with van der Waals surface area (Å²) in [6.07, 6.45) is 6.75. The molecule has 10 aromatic heterocycles. The number of nitrogens with one attached hydrogen (secondary N) is 1. The third kappa shape index (κ3) is 15.6. The number of ether oxygens (including phenoxy) is 1. The number of aromatic nitrogens is 20. The maximum absolute atomic E-state index is 9.37. The molecule has 0 fully saturated rings. The molecule has 0 radical (unpaired) electrons. The van der Waals surface area contributed by atoms with Gasteiger partial charge in [-0.25, -0.2) is 48.1 Å². The SMILES string of the molecule is COc1ccc(-c2cn(CC#N)c(-c3nonc3N)n2)cc1.N#CCn1c(-c2nonc2N)nc(-c2ccccc2)c1-c1ccccc1.N#CCn1cc(-c2ccccc2)nc1-c1nonc1N.N#CCn1ccnc1-c1nonc1N.Nc1nonc1-c1nc(-c2ccccc2)c(-c2ccccc2)[nH]1. The van der Waals surface area contributed by atoms with E-state index in [9.17, 15) is 5.26 Å². The van der Waals surface area contributed by atoms with Crippen LogP contribution in [0, 0.1) is 45.3 Å². The second-order valence-corrected chi connectivity index (χ2v) is 21.7. The van der Waals surface area contributed by atoms with E-state index in [1.165, 1.54) is 0 Å². The van der Waals surface area contributed by atoms with Crippen molar-refractivity contribution < 1.29 is 27.9 Å². The fourth-order valence-corrected chi connectivity index (χ4v) is 10.4. The van der Waals surface area contributed by atoms with Crippen molar-refractivity contribution in [3.05, 3.63) is 201 Å². The van der Waals surface area contributed by atoms with E-state index in [4.69, 9.17) is 58.8 Å². The molecule has 0 aliphatic heterocycles. The molecule has 6 aromatic carbocycles. The molecule has 11 N–H and O–H groups in total. The van der Waals surface area contributed by atoms with Crippen LogP contribution in [-0.4, -0.2) is 107 Å². The largest absolute Gasteiger partial charge is 0.497 e. The second kappa shape index (κ2) is 32.5. The van der Waals surface area contributed by atoms with Crippen molar-refractivity contribution in [2.45, 2.75) is 26.2 Å². The molecule has 0 aliphatic rings. The van der Waals surface area contributed by atoms with Crippen LogP contribution in [0.5, 0.6) is 5.75 Å². The summed E-state index contributed by atoms with van der Waals surface area (Å²) in [6, 6.07) is 64.9. The van der Waals surface area contributed by atoms with Crippen LogP contribution in [0.3, 0.4) is 0 Å².